The molecule has 2 aliphatic rings. The third-order valence-corrected chi connectivity index (χ3v) is 3.56. The van der Waals surface area contributed by atoms with Crippen LogP contribution >= 0.6 is 0 Å². The Bertz CT molecular complexity index is 214. The van der Waals surface area contributed by atoms with E-state index in [0.717, 1.165) is 19.4 Å². The van der Waals surface area contributed by atoms with Crippen molar-refractivity contribution < 1.29 is 4.79 Å². The Morgan fingerprint density at radius 1 is 1.54 bits per heavy atom. The van der Waals surface area contributed by atoms with E-state index in [0.29, 0.717) is 23.8 Å². The molecule has 0 bridgehead atoms. The lowest BCUT2D eigenvalue weighted by Gasteiger charge is -2.23. The normalized spacial score (nSPS) is 38.0. The SMILES string of the molecule is CCC1CCCN1C(=O)C1CC1C. The van der Waals surface area contributed by atoms with Gasteiger partial charge in [-0.1, -0.05) is 13.8 Å². The summed E-state index contributed by atoms with van der Waals surface area (Å²) < 4.78 is 0. The number of hydrogen-bond acceptors (Lipinski definition) is 1. The molecule has 0 aromatic rings. The van der Waals surface area contributed by atoms with Crippen molar-refractivity contribution in [1.29, 1.82) is 0 Å². The molecule has 2 nitrogen and oxygen atoms in total. The van der Waals surface area contributed by atoms with Gasteiger partial charge in [0.25, 0.3) is 0 Å². The number of rotatable bonds is 2. The maximum atomic E-state index is 11.9. The number of carbonyl (C=O) groups excluding carboxylic acids is 1. The van der Waals surface area contributed by atoms with Crippen LogP contribution in [0.3, 0.4) is 0 Å². The largest absolute Gasteiger partial charge is 0.339 e. The summed E-state index contributed by atoms with van der Waals surface area (Å²) in [4.78, 5) is 14.0. The highest BCUT2D eigenvalue weighted by molar-refractivity contribution is 5.82. The monoisotopic (exact) mass is 181 g/mol. The van der Waals surface area contributed by atoms with Gasteiger partial charge >= 0.3 is 0 Å². The third kappa shape index (κ3) is 1.59. The molecule has 1 aliphatic carbocycles. The van der Waals surface area contributed by atoms with Crippen LogP contribution in [0.4, 0.5) is 0 Å². The summed E-state index contributed by atoms with van der Waals surface area (Å²) in [6, 6.07) is 0.556. The van der Waals surface area contributed by atoms with E-state index in [2.05, 4.69) is 18.7 Å². The first-order valence-electron chi connectivity index (χ1n) is 5.54. The van der Waals surface area contributed by atoms with Crippen molar-refractivity contribution in [2.24, 2.45) is 11.8 Å². The Morgan fingerprint density at radius 3 is 2.77 bits per heavy atom. The van der Waals surface area contributed by atoms with Gasteiger partial charge in [0.1, 0.15) is 0 Å². The van der Waals surface area contributed by atoms with Crippen LogP contribution in [0.25, 0.3) is 0 Å². The predicted octanol–water partition coefficient (Wildman–Crippen LogP) is 2.04. The van der Waals surface area contributed by atoms with Crippen LogP contribution in [0.15, 0.2) is 0 Å². The summed E-state index contributed by atoms with van der Waals surface area (Å²) >= 11 is 0. The van der Waals surface area contributed by atoms with Crippen LogP contribution in [0.2, 0.25) is 0 Å². The lowest BCUT2D eigenvalue weighted by atomic mass is 10.1. The van der Waals surface area contributed by atoms with E-state index in [1.54, 1.807) is 0 Å². The van der Waals surface area contributed by atoms with Crippen LogP contribution in [0, 0.1) is 11.8 Å². The van der Waals surface area contributed by atoms with Gasteiger partial charge in [-0.05, 0) is 31.6 Å². The highest BCUT2D eigenvalue weighted by atomic mass is 16.2. The topological polar surface area (TPSA) is 20.3 Å². The fourth-order valence-corrected chi connectivity index (χ4v) is 2.43. The van der Waals surface area contributed by atoms with Gasteiger partial charge in [-0.2, -0.15) is 0 Å². The van der Waals surface area contributed by atoms with Gasteiger partial charge in [0.2, 0.25) is 5.91 Å². The van der Waals surface area contributed by atoms with Crippen LogP contribution in [-0.2, 0) is 4.79 Å². The van der Waals surface area contributed by atoms with Crippen LogP contribution in [0.5, 0.6) is 0 Å². The molecule has 0 N–H and O–H groups in total. The molecule has 2 rings (SSSR count). The molecule has 1 aliphatic heterocycles. The van der Waals surface area contributed by atoms with Crippen molar-refractivity contribution in [3.05, 3.63) is 0 Å². The average molecular weight is 181 g/mol. The summed E-state index contributed by atoms with van der Waals surface area (Å²) in [6.07, 6.45) is 4.70. The molecule has 0 spiro atoms. The minimum absolute atomic E-state index is 0.382. The Morgan fingerprint density at radius 2 is 2.23 bits per heavy atom. The minimum Gasteiger partial charge on any atom is -0.339 e. The van der Waals surface area contributed by atoms with Crippen molar-refractivity contribution in [2.45, 2.75) is 45.6 Å². The quantitative estimate of drug-likeness (QED) is 0.638. The van der Waals surface area contributed by atoms with Gasteiger partial charge in [0.15, 0.2) is 0 Å². The molecular weight excluding hydrogens is 162 g/mol. The van der Waals surface area contributed by atoms with Gasteiger partial charge in [0.05, 0.1) is 0 Å². The average Bonchev–Trinajstić information content (AvgIpc) is 2.70. The highest BCUT2D eigenvalue weighted by Crippen LogP contribution is 2.40. The standard InChI is InChI=1S/C11H19NO/c1-3-9-5-4-6-12(9)11(13)10-7-8(10)2/h8-10H,3-7H2,1-2H3. The van der Waals surface area contributed by atoms with Gasteiger partial charge in [0, 0.05) is 18.5 Å². The van der Waals surface area contributed by atoms with Crippen LogP contribution in [-0.4, -0.2) is 23.4 Å². The van der Waals surface area contributed by atoms with Gasteiger partial charge < -0.3 is 4.90 Å². The fourth-order valence-electron chi connectivity index (χ4n) is 2.43. The summed E-state index contributed by atoms with van der Waals surface area (Å²) in [5.41, 5.74) is 0. The lowest BCUT2D eigenvalue weighted by Crippen LogP contribution is -2.36. The van der Waals surface area contributed by atoms with Crippen LogP contribution in [0.1, 0.15) is 39.5 Å². The molecule has 0 radical (unpaired) electrons. The van der Waals surface area contributed by atoms with Crippen LogP contribution < -0.4 is 0 Å². The zero-order chi connectivity index (χ0) is 9.42. The van der Waals surface area contributed by atoms with E-state index in [1.807, 2.05) is 0 Å². The third-order valence-electron chi connectivity index (χ3n) is 3.56. The molecule has 13 heavy (non-hydrogen) atoms. The molecule has 1 saturated carbocycles. The molecule has 74 valence electrons. The second kappa shape index (κ2) is 3.32. The van der Waals surface area contributed by atoms with E-state index in [9.17, 15) is 4.79 Å². The van der Waals surface area contributed by atoms with Gasteiger partial charge in [-0.3, -0.25) is 4.79 Å². The summed E-state index contributed by atoms with van der Waals surface area (Å²) in [5, 5.41) is 0. The second-order valence-corrected chi connectivity index (χ2v) is 4.56. The van der Waals surface area contributed by atoms with E-state index in [-0.39, 0.29) is 0 Å². The lowest BCUT2D eigenvalue weighted by molar-refractivity contribution is -0.133. The Kier molecular flexibility index (Phi) is 2.31. The van der Waals surface area contributed by atoms with Crippen molar-refractivity contribution in [3.63, 3.8) is 0 Å². The van der Waals surface area contributed by atoms with Crippen molar-refractivity contribution >= 4 is 5.91 Å². The molecule has 3 atom stereocenters. The Hall–Kier alpha value is -0.530. The number of amides is 1. The molecule has 2 heteroatoms. The minimum atomic E-state index is 0.382. The zero-order valence-electron chi connectivity index (χ0n) is 8.62. The molecule has 1 heterocycles. The zero-order valence-corrected chi connectivity index (χ0v) is 8.62. The number of nitrogens with zero attached hydrogens (tertiary/aromatic N) is 1. The molecular formula is C11H19NO. The smallest absolute Gasteiger partial charge is 0.226 e. The second-order valence-electron chi connectivity index (χ2n) is 4.56. The van der Waals surface area contributed by atoms with Crippen molar-refractivity contribution in [2.75, 3.05) is 6.54 Å². The number of likely N-dealkylation sites (tertiary alicyclic amines) is 1. The number of hydrogen-bond donors (Lipinski definition) is 0. The first-order valence-corrected chi connectivity index (χ1v) is 5.54. The first kappa shape index (κ1) is 9.04. The summed E-state index contributed by atoms with van der Waals surface area (Å²) in [7, 11) is 0. The van der Waals surface area contributed by atoms with Gasteiger partial charge in [-0.25, -0.2) is 0 Å². The number of carbonyl (C=O) groups is 1. The maximum Gasteiger partial charge on any atom is 0.226 e. The maximum absolute atomic E-state index is 11.9. The first-order chi connectivity index (χ1) is 6.24. The molecule has 2 fully saturated rings. The van der Waals surface area contributed by atoms with E-state index in [1.165, 1.54) is 12.8 Å². The fraction of sp³-hybridized carbons (Fsp3) is 0.909. The molecule has 1 saturated heterocycles. The van der Waals surface area contributed by atoms with E-state index >= 15 is 0 Å². The molecule has 0 aromatic heterocycles. The summed E-state index contributed by atoms with van der Waals surface area (Å²) in [5.74, 6) is 1.48. The van der Waals surface area contributed by atoms with Crippen molar-refractivity contribution in [3.8, 4) is 0 Å². The Labute approximate surface area is 80.3 Å². The Balaban J connectivity index is 1.95. The predicted molar refractivity (Wildman–Crippen MR) is 52.3 cm³/mol. The van der Waals surface area contributed by atoms with Crippen molar-refractivity contribution in [1.82, 2.24) is 4.90 Å². The van der Waals surface area contributed by atoms with E-state index in [4.69, 9.17) is 0 Å². The molecule has 0 aromatic carbocycles. The molecule has 1 amide bonds. The van der Waals surface area contributed by atoms with E-state index < -0.39 is 0 Å². The molecule has 3 unspecified atom stereocenters. The highest BCUT2D eigenvalue weighted by Gasteiger charge is 2.43. The van der Waals surface area contributed by atoms with Gasteiger partial charge in [-0.15, -0.1) is 0 Å². The summed E-state index contributed by atoms with van der Waals surface area (Å²) in [6.45, 7) is 5.38.